The number of rotatable bonds is 7. The van der Waals surface area contributed by atoms with Gasteiger partial charge in [-0.15, -0.1) is 0 Å². The van der Waals surface area contributed by atoms with Gasteiger partial charge >= 0.3 is 17.9 Å². The van der Waals surface area contributed by atoms with E-state index in [0.717, 1.165) is 18.6 Å². The first-order valence-corrected chi connectivity index (χ1v) is 8.70. The Morgan fingerprint density at radius 1 is 0.793 bits per heavy atom. The normalized spacial score (nSPS) is 10.2. The van der Waals surface area contributed by atoms with Gasteiger partial charge in [0.1, 0.15) is 28.6 Å². The predicted molar refractivity (Wildman–Crippen MR) is 101 cm³/mol. The lowest BCUT2D eigenvalue weighted by molar-refractivity contribution is -0.133. The van der Waals surface area contributed by atoms with Crippen molar-refractivity contribution in [2.24, 2.45) is 0 Å². The lowest BCUT2D eigenvalue weighted by Crippen LogP contribution is -2.10. The first-order valence-electron chi connectivity index (χ1n) is 8.70. The average Bonchev–Trinajstić information content (AvgIpc) is 2.59. The van der Waals surface area contributed by atoms with Crippen molar-refractivity contribution in [1.29, 1.82) is 0 Å². The molecule has 0 radical (unpaired) electrons. The summed E-state index contributed by atoms with van der Waals surface area (Å²) in [7, 11) is 0. The Morgan fingerprint density at radius 3 is 1.90 bits per heavy atom. The highest BCUT2D eigenvalue weighted by atomic mass is 16.5. The summed E-state index contributed by atoms with van der Waals surface area (Å²) >= 11 is 0. The van der Waals surface area contributed by atoms with Crippen molar-refractivity contribution >= 4 is 23.7 Å². The maximum atomic E-state index is 12.7. The first-order chi connectivity index (χ1) is 13.7. The lowest BCUT2D eigenvalue weighted by atomic mass is 10.0. The minimum absolute atomic E-state index is 0.0155. The molecule has 152 valence electrons. The molecule has 0 amide bonds. The topological polar surface area (TPSA) is 116 Å². The molecule has 0 bridgehead atoms. The van der Waals surface area contributed by atoms with Gasteiger partial charge in [0.25, 0.3) is 0 Å². The van der Waals surface area contributed by atoms with Crippen molar-refractivity contribution in [1.82, 2.24) is 0 Å². The van der Waals surface area contributed by atoms with E-state index in [0.29, 0.717) is 12.2 Å². The molecule has 0 heterocycles. The fraction of sp³-hybridized carbons (Fsp3) is 0.238. The van der Waals surface area contributed by atoms with Gasteiger partial charge in [0, 0.05) is 39.3 Å². The number of aromatic hydroxyl groups is 1. The van der Waals surface area contributed by atoms with E-state index in [-0.39, 0.29) is 23.5 Å². The third-order valence-electron chi connectivity index (χ3n) is 3.67. The van der Waals surface area contributed by atoms with Crippen molar-refractivity contribution in [2.75, 3.05) is 0 Å². The van der Waals surface area contributed by atoms with Crippen LogP contribution in [-0.4, -0.2) is 28.8 Å². The van der Waals surface area contributed by atoms with Crippen LogP contribution in [0.1, 0.15) is 43.1 Å². The molecule has 8 heteroatoms. The molecule has 0 aliphatic rings. The fourth-order valence-corrected chi connectivity index (χ4v) is 2.59. The van der Waals surface area contributed by atoms with Crippen LogP contribution in [0.15, 0.2) is 36.4 Å². The third-order valence-corrected chi connectivity index (χ3v) is 3.67. The van der Waals surface area contributed by atoms with Gasteiger partial charge in [0.2, 0.25) is 0 Å². The quantitative estimate of drug-likeness (QED) is 0.428. The summed E-state index contributed by atoms with van der Waals surface area (Å²) in [6.07, 6.45) is 0.353. The van der Waals surface area contributed by atoms with E-state index in [9.17, 15) is 24.3 Å². The number of ketones is 1. The summed E-state index contributed by atoms with van der Waals surface area (Å²) < 4.78 is 14.8. The highest BCUT2D eigenvalue weighted by molar-refractivity contribution is 6.02. The number of esters is 3. The molecule has 0 saturated heterocycles. The van der Waals surface area contributed by atoms with E-state index in [1.165, 1.54) is 19.9 Å². The number of hydrogen-bond donors (Lipinski definition) is 1. The molecule has 0 aliphatic heterocycles. The molecule has 8 nitrogen and oxygen atoms in total. The third kappa shape index (κ3) is 6.46. The Kier molecular flexibility index (Phi) is 7.08. The Balaban J connectivity index is 2.19. The van der Waals surface area contributed by atoms with Gasteiger partial charge in [-0.3, -0.25) is 19.2 Å². The molecule has 1 N–H and O–H groups in total. The number of hydrogen-bond acceptors (Lipinski definition) is 8. The van der Waals surface area contributed by atoms with E-state index in [4.69, 9.17) is 14.2 Å². The maximum Gasteiger partial charge on any atom is 0.308 e. The molecular formula is C21H20O8. The van der Waals surface area contributed by atoms with Crippen LogP contribution >= 0.6 is 0 Å². The number of phenolic OH excluding ortho intramolecular Hbond substituents is 1. The van der Waals surface area contributed by atoms with Crippen LogP contribution in [0.25, 0.3) is 0 Å². The second-order valence-electron chi connectivity index (χ2n) is 6.16. The number of Topliss-reactive ketones (excluding diaryl/α,β-unsaturated/α-hetero) is 1. The zero-order chi connectivity index (χ0) is 21.6. The number of carbonyl (C=O) groups excluding carboxylic acids is 4. The SMILES string of the molecule is CC(=O)Oc1ccc(CCC(=O)c2c(O)cc(OC(C)=O)cc2OC(C)=O)cc1. The minimum Gasteiger partial charge on any atom is -0.507 e. The summed E-state index contributed by atoms with van der Waals surface area (Å²) in [5.41, 5.74) is 0.631. The van der Waals surface area contributed by atoms with Crippen molar-refractivity contribution in [3.8, 4) is 23.0 Å². The minimum atomic E-state index is -0.695. The summed E-state index contributed by atoms with van der Waals surface area (Å²) in [6, 6.07) is 8.94. The van der Waals surface area contributed by atoms with Crippen LogP contribution in [0.4, 0.5) is 0 Å². The van der Waals surface area contributed by atoms with Crippen LogP contribution in [-0.2, 0) is 20.8 Å². The predicted octanol–water partition coefficient (Wildman–Crippen LogP) is 2.98. The van der Waals surface area contributed by atoms with Gasteiger partial charge in [-0.25, -0.2) is 0 Å². The van der Waals surface area contributed by atoms with Crippen LogP contribution in [0.2, 0.25) is 0 Å². The van der Waals surface area contributed by atoms with Gasteiger partial charge in [0.05, 0.1) is 0 Å². The monoisotopic (exact) mass is 400 g/mol. The van der Waals surface area contributed by atoms with E-state index < -0.39 is 29.4 Å². The summed E-state index contributed by atoms with van der Waals surface area (Å²) in [5, 5.41) is 10.2. The number of phenols is 1. The second-order valence-corrected chi connectivity index (χ2v) is 6.16. The Morgan fingerprint density at radius 2 is 1.34 bits per heavy atom. The zero-order valence-electron chi connectivity index (χ0n) is 16.2. The Bertz CT molecular complexity index is 944. The van der Waals surface area contributed by atoms with Gasteiger partial charge in [0.15, 0.2) is 5.78 Å². The molecule has 0 aliphatic carbocycles. The van der Waals surface area contributed by atoms with E-state index >= 15 is 0 Å². The molecule has 2 aromatic carbocycles. The number of aryl methyl sites for hydroxylation is 1. The Labute approximate surface area is 167 Å². The molecule has 0 unspecified atom stereocenters. The average molecular weight is 400 g/mol. The second kappa shape index (κ2) is 9.50. The first kappa shape index (κ1) is 21.6. The highest BCUT2D eigenvalue weighted by Gasteiger charge is 2.21. The molecule has 0 saturated carbocycles. The fourth-order valence-electron chi connectivity index (χ4n) is 2.59. The van der Waals surface area contributed by atoms with Crippen molar-refractivity contribution in [3.63, 3.8) is 0 Å². The zero-order valence-corrected chi connectivity index (χ0v) is 16.2. The van der Waals surface area contributed by atoms with E-state index in [1.807, 2.05) is 0 Å². The van der Waals surface area contributed by atoms with Crippen LogP contribution in [0.5, 0.6) is 23.0 Å². The standard InChI is InChI=1S/C21H20O8/c1-12(22)27-16-7-4-15(5-8-16)6-9-18(25)21-19(26)10-17(28-13(2)23)11-20(21)29-14(3)24/h4-5,7-8,10-11,26H,6,9H2,1-3H3. The van der Waals surface area contributed by atoms with Gasteiger partial charge in [-0.2, -0.15) is 0 Å². The summed E-state index contributed by atoms with van der Waals surface area (Å²) in [4.78, 5) is 46.1. The van der Waals surface area contributed by atoms with Crippen molar-refractivity contribution in [3.05, 3.63) is 47.5 Å². The Hall–Kier alpha value is -3.68. The number of ether oxygens (including phenoxy) is 3. The van der Waals surface area contributed by atoms with E-state index in [1.54, 1.807) is 24.3 Å². The summed E-state index contributed by atoms with van der Waals surface area (Å²) in [6.45, 7) is 3.62. The maximum absolute atomic E-state index is 12.7. The highest BCUT2D eigenvalue weighted by Crippen LogP contribution is 2.35. The molecular weight excluding hydrogens is 380 g/mol. The number of carbonyl (C=O) groups is 4. The smallest absolute Gasteiger partial charge is 0.308 e. The molecule has 0 atom stereocenters. The molecule has 2 rings (SSSR count). The number of benzene rings is 2. The van der Waals surface area contributed by atoms with Crippen LogP contribution in [0, 0.1) is 0 Å². The molecule has 2 aromatic rings. The van der Waals surface area contributed by atoms with E-state index in [2.05, 4.69) is 0 Å². The molecule has 0 spiro atoms. The van der Waals surface area contributed by atoms with Gasteiger partial charge in [-0.1, -0.05) is 12.1 Å². The van der Waals surface area contributed by atoms with Gasteiger partial charge in [-0.05, 0) is 24.1 Å². The van der Waals surface area contributed by atoms with Crippen molar-refractivity contribution in [2.45, 2.75) is 33.6 Å². The van der Waals surface area contributed by atoms with Crippen LogP contribution in [0.3, 0.4) is 0 Å². The largest absolute Gasteiger partial charge is 0.507 e. The molecule has 0 aromatic heterocycles. The molecule has 29 heavy (non-hydrogen) atoms. The van der Waals surface area contributed by atoms with Crippen LogP contribution < -0.4 is 14.2 Å². The summed E-state index contributed by atoms with van der Waals surface area (Å²) in [5.74, 6) is -2.53. The van der Waals surface area contributed by atoms with Gasteiger partial charge < -0.3 is 19.3 Å². The molecule has 0 fully saturated rings. The van der Waals surface area contributed by atoms with Crippen molar-refractivity contribution < 1.29 is 38.5 Å². The lowest BCUT2D eigenvalue weighted by Gasteiger charge is -2.12.